The number of halogens is 3. The fourth-order valence-electron chi connectivity index (χ4n) is 4.43. The molecule has 0 saturated heterocycles. The van der Waals surface area contributed by atoms with Crippen molar-refractivity contribution in [1.82, 2.24) is 0 Å². The van der Waals surface area contributed by atoms with Gasteiger partial charge in [0.05, 0.1) is 5.92 Å². The molecule has 0 radical (unpaired) electrons. The predicted octanol–water partition coefficient (Wildman–Crippen LogP) is 6.74. The topological polar surface area (TPSA) is 0 Å². The van der Waals surface area contributed by atoms with Crippen molar-refractivity contribution < 1.29 is 13.2 Å². The number of alkyl halides is 3. The molecule has 2 saturated carbocycles. The van der Waals surface area contributed by atoms with Gasteiger partial charge in [-0.15, -0.1) is 0 Å². The van der Waals surface area contributed by atoms with Crippen LogP contribution in [0.3, 0.4) is 0 Å². The van der Waals surface area contributed by atoms with Gasteiger partial charge in [-0.05, 0) is 37.0 Å². The highest BCUT2D eigenvalue weighted by atomic mass is 19.4. The molecule has 21 heavy (non-hydrogen) atoms. The van der Waals surface area contributed by atoms with Crippen molar-refractivity contribution in [3.8, 4) is 0 Å². The summed E-state index contributed by atoms with van der Waals surface area (Å²) in [5.41, 5.74) is 0. The Hall–Kier alpha value is -0.210. The van der Waals surface area contributed by atoms with Crippen LogP contribution in [-0.4, -0.2) is 6.18 Å². The molecule has 0 aliphatic heterocycles. The summed E-state index contributed by atoms with van der Waals surface area (Å²) < 4.78 is 37.4. The lowest BCUT2D eigenvalue weighted by atomic mass is 9.70. The highest BCUT2D eigenvalue weighted by Crippen LogP contribution is 2.41. The van der Waals surface area contributed by atoms with Crippen LogP contribution >= 0.6 is 0 Å². The lowest BCUT2D eigenvalue weighted by Crippen LogP contribution is -2.24. The fraction of sp³-hybridized carbons (Fsp3) is 1.00. The first kappa shape index (κ1) is 17.1. The summed E-state index contributed by atoms with van der Waals surface area (Å²) in [7, 11) is 0. The highest BCUT2D eigenvalue weighted by Gasteiger charge is 2.35. The summed E-state index contributed by atoms with van der Waals surface area (Å²) in [4.78, 5) is 0. The lowest BCUT2D eigenvalue weighted by Gasteiger charge is -2.36. The monoisotopic (exact) mass is 304 g/mol. The molecule has 124 valence electrons. The Balaban J connectivity index is 1.60. The van der Waals surface area contributed by atoms with Gasteiger partial charge in [0.15, 0.2) is 0 Å². The van der Waals surface area contributed by atoms with Crippen molar-refractivity contribution in [3.63, 3.8) is 0 Å². The average molecular weight is 304 g/mol. The molecule has 0 aromatic carbocycles. The van der Waals surface area contributed by atoms with Crippen LogP contribution in [0.5, 0.6) is 0 Å². The second-order valence-corrected chi connectivity index (χ2v) is 7.55. The van der Waals surface area contributed by atoms with E-state index in [9.17, 15) is 13.2 Å². The maximum Gasteiger partial charge on any atom is 0.391 e. The molecule has 0 amide bonds. The standard InChI is InChI=1S/C18H31F3/c1-14(18(19,20)21)6-5-7-15-10-12-17(13-11-15)16-8-3-2-4-9-16/h14-17H,2-13H2,1H3. The molecule has 1 atom stereocenters. The van der Waals surface area contributed by atoms with Crippen LogP contribution < -0.4 is 0 Å². The smallest absolute Gasteiger partial charge is 0.171 e. The number of hydrogen-bond acceptors (Lipinski definition) is 0. The van der Waals surface area contributed by atoms with E-state index in [1.54, 1.807) is 0 Å². The van der Waals surface area contributed by atoms with Gasteiger partial charge in [-0.2, -0.15) is 13.2 Å². The zero-order chi connectivity index (χ0) is 15.3. The predicted molar refractivity (Wildman–Crippen MR) is 81.1 cm³/mol. The van der Waals surface area contributed by atoms with Gasteiger partial charge in [-0.3, -0.25) is 0 Å². The first-order valence-electron chi connectivity index (χ1n) is 9.03. The van der Waals surface area contributed by atoms with Crippen LogP contribution in [0.4, 0.5) is 13.2 Å². The Labute approximate surface area is 127 Å². The Bertz CT molecular complexity index is 283. The Morgan fingerprint density at radius 2 is 1.43 bits per heavy atom. The molecule has 2 aliphatic rings. The van der Waals surface area contributed by atoms with Crippen LogP contribution in [0.1, 0.15) is 84.0 Å². The fourth-order valence-corrected chi connectivity index (χ4v) is 4.43. The lowest BCUT2D eigenvalue weighted by molar-refractivity contribution is -0.171. The Morgan fingerprint density at radius 1 is 0.857 bits per heavy atom. The minimum Gasteiger partial charge on any atom is -0.171 e. The van der Waals surface area contributed by atoms with E-state index in [2.05, 4.69) is 0 Å². The van der Waals surface area contributed by atoms with Crippen molar-refractivity contribution in [3.05, 3.63) is 0 Å². The summed E-state index contributed by atoms with van der Waals surface area (Å²) in [6.45, 7) is 1.32. The van der Waals surface area contributed by atoms with Crippen molar-refractivity contribution in [2.24, 2.45) is 23.7 Å². The van der Waals surface area contributed by atoms with Crippen molar-refractivity contribution in [2.75, 3.05) is 0 Å². The van der Waals surface area contributed by atoms with Gasteiger partial charge in [0.25, 0.3) is 0 Å². The van der Waals surface area contributed by atoms with Gasteiger partial charge in [-0.1, -0.05) is 64.7 Å². The minimum atomic E-state index is -4.00. The van der Waals surface area contributed by atoms with Crippen LogP contribution in [0.15, 0.2) is 0 Å². The molecular formula is C18H31F3. The van der Waals surface area contributed by atoms with E-state index >= 15 is 0 Å². The molecule has 1 unspecified atom stereocenters. The zero-order valence-electron chi connectivity index (χ0n) is 13.4. The average Bonchev–Trinajstić information content (AvgIpc) is 2.48. The van der Waals surface area contributed by atoms with Crippen LogP contribution in [0.25, 0.3) is 0 Å². The van der Waals surface area contributed by atoms with E-state index in [0.717, 1.165) is 24.7 Å². The molecule has 0 aromatic rings. The summed E-state index contributed by atoms with van der Waals surface area (Å²) in [5, 5.41) is 0. The van der Waals surface area contributed by atoms with Crippen molar-refractivity contribution >= 4 is 0 Å². The van der Waals surface area contributed by atoms with Gasteiger partial charge >= 0.3 is 6.18 Å². The van der Waals surface area contributed by atoms with E-state index < -0.39 is 12.1 Å². The summed E-state index contributed by atoms with van der Waals surface area (Å²) in [5.74, 6) is 1.46. The van der Waals surface area contributed by atoms with Crippen LogP contribution in [-0.2, 0) is 0 Å². The van der Waals surface area contributed by atoms with Crippen molar-refractivity contribution in [2.45, 2.75) is 90.1 Å². The first-order valence-corrected chi connectivity index (χ1v) is 9.03. The summed E-state index contributed by atoms with van der Waals surface area (Å²) in [6, 6.07) is 0. The van der Waals surface area contributed by atoms with E-state index in [0.29, 0.717) is 12.3 Å². The molecular weight excluding hydrogens is 273 g/mol. The van der Waals surface area contributed by atoms with Gasteiger partial charge in [0, 0.05) is 0 Å². The first-order chi connectivity index (χ1) is 9.97. The normalized spacial score (nSPS) is 30.3. The quantitative estimate of drug-likeness (QED) is 0.527. The van der Waals surface area contributed by atoms with E-state index in [1.165, 1.54) is 64.7 Å². The number of hydrogen-bond donors (Lipinski definition) is 0. The largest absolute Gasteiger partial charge is 0.391 e. The second kappa shape index (κ2) is 7.87. The Morgan fingerprint density at radius 3 is 2.00 bits per heavy atom. The third kappa shape index (κ3) is 5.49. The molecule has 0 N–H and O–H groups in total. The SMILES string of the molecule is CC(CCCC1CCC(C2CCCCC2)CC1)C(F)(F)F. The third-order valence-electron chi connectivity index (χ3n) is 6.02. The van der Waals surface area contributed by atoms with E-state index in [-0.39, 0.29) is 0 Å². The molecule has 0 heterocycles. The third-order valence-corrected chi connectivity index (χ3v) is 6.02. The van der Waals surface area contributed by atoms with Gasteiger partial charge in [0.1, 0.15) is 0 Å². The molecule has 2 aliphatic carbocycles. The molecule has 2 fully saturated rings. The molecule has 0 spiro atoms. The Kier molecular flexibility index (Phi) is 6.43. The minimum absolute atomic E-state index is 0.312. The van der Waals surface area contributed by atoms with Gasteiger partial charge in [0.2, 0.25) is 0 Å². The summed E-state index contributed by atoms with van der Waals surface area (Å²) >= 11 is 0. The van der Waals surface area contributed by atoms with Crippen LogP contribution in [0, 0.1) is 23.7 Å². The molecule has 0 bridgehead atoms. The molecule has 0 nitrogen and oxygen atoms in total. The molecule has 2 rings (SSSR count). The van der Waals surface area contributed by atoms with Gasteiger partial charge < -0.3 is 0 Å². The molecule has 0 aromatic heterocycles. The van der Waals surface area contributed by atoms with Crippen molar-refractivity contribution in [1.29, 1.82) is 0 Å². The van der Waals surface area contributed by atoms with Crippen LogP contribution in [0.2, 0.25) is 0 Å². The maximum atomic E-state index is 12.5. The number of rotatable bonds is 5. The van der Waals surface area contributed by atoms with Gasteiger partial charge in [-0.25, -0.2) is 0 Å². The highest BCUT2D eigenvalue weighted by molar-refractivity contribution is 4.80. The summed E-state index contributed by atoms with van der Waals surface area (Å²) in [6.07, 6.45) is 10.4. The molecule has 3 heteroatoms. The van der Waals surface area contributed by atoms with E-state index in [1.807, 2.05) is 0 Å². The zero-order valence-corrected chi connectivity index (χ0v) is 13.4. The van der Waals surface area contributed by atoms with E-state index in [4.69, 9.17) is 0 Å². The maximum absolute atomic E-state index is 12.5. The second-order valence-electron chi connectivity index (χ2n) is 7.55.